The van der Waals surface area contributed by atoms with Crippen molar-refractivity contribution in [2.24, 2.45) is 5.10 Å². The average Bonchev–Trinajstić information content (AvgIpc) is 2.80. The highest BCUT2D eigenvalue weighted by atomic mass is 16.5. The van der Waals surface area contributed by atoms with E-state index in [9.17, 15) is 4.79 Å². The van der Waals surface area contributed by atoms with Crippen molar-refractivity contribution in [2.45, 2.75) is 20.4 Å². The van der Waals surface area contributed by atoms with Crippen LogP contribution in [0.5, 0.6) is 0 Å². The zero-order valence-electron chi connectivity index (χ0n) is 13.2. The molecule has 1 aromatic carbocycles. The number of benzene rings is 1. The first kappa shape index (κ1) is 16.0. The number of carbonyl (C=O) groups is 1. The molecule has 0 unspecified atom stereocenters. The summed E-state index contributed by atoms with van der Waals surface area (Å²) >= 11 is 0. The van der Waals surface area contributed by atoms with Crippen molar-refractivity contribution in [3.05, 3.63) is 58.9 Å². The molecule has 0 atom stereocenters. The van der Waals surface area contributed by atoms with Crippen molar-refractivity contribution in [3.8, 4) is 0 Å². The Morgan fingerprint density at radius 3 is 2.73 bits per heavy atom. The molecule has 0 aliphatic carbocycles. The second kappa shape index (κ2) is 7.56. The van der Waals surface area contributed by atoms with Crippen molar-refractivity contribution in [3.63, 3.8) is 0 Å². The van der Waals surface area contributed by atoms with Gasteiger partial charge in [-0.15, -0.1) is 0 Å². The summed E-state index contributed by atoms with van der Waals surface area (Å²) in [5.41, 5.74) is 6.37. The lowest BCUT2D eigenvalue weighted by Crippen LogP contribution is -2.17. The fourth-order valence-corrected chi connectivity index (χ4v) is 2.30. The molecule has 2 rings (SSSR count). The van der Waals surface area contributed by atoms with E-state index < -0.39 is 0 Å². The second-order valence-electron chi connectivity index (χ2n) is 5.04. The van der Waals surface area contributed by atoms with Crippen LogP contribution in [0.2, 0.25) is 0 Å². The van der Waals surface area contributed by atoms with Gasteiger partial charge in [0.25, 0.3) is 5.91 Å². The predicted molar refractivity (Wildman–Crippen MR) is 87.3 cm³/mol. The summed E-state index contributed by atoms with van der Waals surface area (Å²) in [6, 6.07) is 11.1. The van der Waals surface area contributed by atoms with E-state index in [4.69, 9.17) is 4.74 Å². The summed E-state index contributed by atoms with van der Waals surface area (Å²) in [6.07, 6.45) is 1.67. The summed E-state index contributed by atoms with van der Waals surface area (Å²) in [7, 11) is 1.69. The van der Waals surface area contributed by atoms with Crippen LogP contribution in [0, 0.1) is 13.8 Å². The first-order valence-corrected chi connectivity index (χ1v) is 7.17. The quantitative estimate of drug-likeness (QED) is 0.658. The van der Waals surface area contributed by atoms with Crippen LogP contribution in [-0.4, -0.2) is 30.4 Å². The molecular weight excluding hydrogens is 278 g/mol. The first-order chi connectivity index (χ1) is 10.6. The molecule has 5 heteroatoms. The van der Waals surface area contributed by atoms with Gasteiger partial charge in [-0.2, -0.15) is 5.10 Å². The van der Waals surface area contributed by atoms with Gasteiger partial charge >= 0.3 is 0 Å². The van der Waals surface area contributed by atoms with E-state index in [1.165, 1.54) is 0 Å². The highest BCUT2D eigenvalue weighted by Gasteiger charge is 2.07. The monoisotopic (exact) mass is 299 g/mol. The van der Waals surface area contributed by atoms with E-state index in [2.05, 4.69) is 15.1 Å². The number of carbonyl (C=O) groups excluding carboxylic acids is 1. The lowest BCUT2D eigenvalue weighted by atomic mass is 10.2. The number of hydrogen-bond donors (Lipinski definition) is 1. The molecular formula is C17H21N3O2. The third-order valence-electron chi connectivity index (χ3n) is 3.54. The van der Waals surface area contributed by atoms with Gasteiger partial charge in [-0.05, 0) is 32.0 Å². The Hall–Kier alpha value is -2.40. The third kappa shape index (κ3) is 3.83. The van der Waals surface area contributed by atoms with Crippen LogP contribution in [0.15, 0.2) is 41.5 Å². The van der Waals surface area contributed by atoms with Crippen molar-refractivity contribution in [2.75, 3.05) is 13.7 Å². The molecule has 1 N–H and O–H groups in total. The zero-order valence-corrected chi connectivity index (χ0v) is 13.2. The van der Waals surface area contributed by atoms with Gasteiger partial charge in [-0.3, -0.25) is 4.79 Å². The van der Waals surface area contributed by atoms with E-state index in [-0.39, 0.29) is 5.91 Å². The fourth-order valence-electron chi connectivity index (χ4n) is 2.30. The minimum Gasteiger partial charge on any atom is -0.383 e. The predicted octanol–water partition coefficient (Wildman–Crippen LogP) is 2.52. The minimum atomic E-state index is -0.218. The summed E-state index contributed by atoms with van der Waals surface area (Å²) in [5.74, 6) is -0.218. The van der Waals surface area contributed by atoms with Crippen molar-refractivity contribution in [1.29, 1.82) is 0 Å². The minimum absolute atomic E-state index is 0.218. The summed E-state index contributed by atoms with van der Waals surface area (Å²) in [5, 5.41) is 4.04. The van der Waals surface area contributed by atoms with Crippen molar-refractivity contribution < 1.29 is 9.53 Å². The number of aromatic nitrogens is 1. The lowest BCUT2D eigenvalue weighted by Gasteiger charge is -2.08. The van der Waals surface area contributed by atoms with Gasteiger partial charge in [0.05, 0.1) is 12.8 Å². The van der Waals surface area contributed by atoms with Crippen LogP contribution < -0.4 is 5.43 Å². The number of amides is 1. The number of ether oxygens (including phenoxy) is 1. The van der Waals surface area contributed by atoms with Crippen LogP contribution in [0.4, 0.5) is 0 Å². The maximum absolute atomic E-state index is 11.9. The summed E-state index contributed by atoms with van der Waals surface area (Å²) in [4.78, 5) is 11.9. The van der Waals surface area contributed by atoms with Gasteiger partial charge in [0.2, 0.25) is 0 Å². The third-order valence-corrected chi connectivity index (χ3v) is 3.54. The van der Waals surface area contributed by atoms with E-state index >= 15 is 0 Å². The molecule has 1 aromatic heterocycles. The van der Waals surface area contributed by atoms with Crippen LogP contribution in [0.3, 0.4) is 0 Å². The Balaban J connectivity index is 2.03. The molecule has 0 aliphatic heterocycles. The van der Waals surface area contributed by atoms with E-state index in [1.807, 2.05) is 38.1 Å². The number of hydrogen-bond acceptors (Lipinski definition) is 3. The maximum atomic E-state index is 11.9. The van der Waals surface area contributed by atoms with Crippen LogP contribution in [0.1, 0.15) is 27.3 Å². The normalized spacial score (nSPS) is 11.0. The van der Waals surface area contributed by atoms with E-state index in [0.717, 1.165) is 23.5 Å². The van der Waals surface area contributed by atoms with E-state index in [0.29, 0.717) is 12.2 Å². The molecule has 0 fully saturated rings. The topological polar surface area (TPSA) is 55.6 Å². The smallest absolute Gasteiger partial charge is 0.271 e. The summed E-state index contributed by atoms with van der Waals surface area (Å²) < 4.78 is 7.29. The molecule has 0 bridgehead atoms. The van der Waals surface area contributed by atoms with Gasteiger partial charge in [-0.25, -0.2) is 5.43 Å². The molecule has 1 heterocycles. The maximum Gasteiger partial charge on any atom is 0.271 e. The standard InChI is InChI=1S/C17H21N3O2/c1-13-11-16(14(2)20(13)9-10-22-3)12-18-19-17(21)15-7-5-4-6-8-15/h4-8,11-12H,9-10H2,1-3H3,(H,19,21)/b18-12-. The number of nitrogens with zero attached hydrogens (tertiary/aromatic N) is 2. The Morgan fingerprint density at radius 2 is 2.05 bits per heavy atom. The highest BCUT2D eigenvalue weighted by molar-refractivity contribution is 5.94. The summed E-state index contributed by atoms with van der Waals surface area (Å²) in [6.45, 7) is 5.54. The Morgan fingerprint density at radius 1 is 1.32 bits per heavy atom. The number of aryl methyl sites for hydroxylation is 1. The van der Waals surface area contributed by atoms with Gasteiger partial charge in [-0.1, -0.05) is 18.2 Å². The SMILES string of the molecule is COCCn1c(C)cc(/C=N\NC(=O)c2ccccc2)c1C. The van der Waals surface area contributed by atoms with Gasteiger partial charge in [0.15, 0.2) is 0 Å². The molecule has 0 aliphatic rings. The molecule has 1 amide bonds. The average molecular weight is 299 g/mol. The van der Waals surface area contributed by atoms with Crippen molar-refractivity contribution in [1.82, 2.24) is 9.99 Å². The number of methoxy groups -OCH3 is 1. The largest absolute Gasteiger partial charge is 0.383 e. The van der Waals surface area contributed by atoms with Crippen molar-refractivity contribution >= 4 is 12.1 Å². The molecule has 116 valence electrons. The van der Waals surface area contributed by atoms with Gasteiger partial charge in [0, 0.05) is 36.2 Å². The Labute approximate surface area is 130 Å². The van der Waals surface area contributed by atoms with Gasteiger partial charge < -0.3 is 9.30 Å². The lowest BCUT2D eigenvalue weighted by molar-refractivity contribution is 0.0955. The first-order valence-electron chi connectivity index (χ1n) is 7.17. The zero-order chi connectivity index (χ0) is 15.9. The Bertz CT molecular complexity index is 660. The molecule has 2 aromatic rings. The number of hydrazone groups is 1. The number of nitrogens with one attached hydrogen (secondary N) is 1. The van der Waals surface area contributed by atoms with E-state index in [1.54, 1.807) is 25.5 Å². The Kier molecular flexibility index (Phi) is 5.49. The molecule has 22 heavy (non-hydrogen) atoms. The molecule has 5 nitrogen and oxygen atoms in total. The van der Waals surface area contributed by atoms with Crippen LogP contribution in [-0.2, 0) is 11.3 Å². The number of rotatable bonds is 6. The van der Waals surface area contributed by atoms with Gasteiger partial charge in [0.1, 0.15) is 0 Å². The fraction of sp³-hybridized carbons (Fsp3) is 0.294. The molecule has 0 saturated heterocycles. The van der Waals surface area contributed by atoms with Crippen LogP contribution >= 0.6 is 0 Å². The highest BCUT2D eigenvalue weighted by Crippen LogP contribution is 2.13. The molecule has 0 saturated carbocycles. The second-order valence-corrected chi connectivity index (χ2v) is 5.04. The van der Waals surface area contributed by atoms with Crippen LogP contribution in [0.25, 0.3) is 0 Å². The molecule has 0 radical (unpaired) electrons. The molecule has 0 spiro atoms.